The first-order chi connectivity index (χ1) is 18.7. The molecule has 0 bridgehead atoms. The molecule has 0 spiro atoms. The third-order valence-electron chi connectivity index (χ3n) is 6.66. The van der Waals surface area contributed by atoms with E-state index < -0.39 is 29.2 Å². The number of hydrogen-bond acceptors (Lipinski definition) is 6. The molecular weight excluding hydrogens is 501 g/mol. The number of ether oxygens (including phenoxy) is 2. The zero-order valence-corrected chi connectivity index (χ0v) is 22.6. The highest BCUT2D eigenvalue weighted by molar-refractivity contribution is 6.03. The van der Waals surface area contributed by atoms with E-state index in [-0.39, 0.29) is 6.54 Å². The minimum atomic E-state index is -1.17. The maximum Gasteiger partial charge on any atom is 0.249 e. The monoisotopic (exact) mass is 533 g/mol. The van der Waals surface area contributed by atoms with Crippen molar-refractivity contribution in [3.8, 4) is 11.5 Å². The van der Waals surface area contributed by atoms with Gasteiger partial charge in [-0.1, -0.05) is 36.4 Å². The SMILES string of the molecule is CCC(C)(C)NC(=O)C(c1ccc(F)cc1)N(C(=O)Cn1nnc2ccccc21)c1cc(OC)ccc1OC. The Hall–Kier alpha value is -4.47. The van der Waals surface area contributed by atoms with Crippen LogP contribution in [0.3, 0.4) is 0 Å². The Labute approximate surface area is 226 Å². The quantitative estimate of drug-likeness (QED) is 0.318. The second-order valence-corrected chi connectivity index (χ2v) is 9.72. The van der Waals surface area contributed by atoms with E-state index in [1.165, 1.54) is 48.1 Å². The molecule has 0 radical (unpaired) electrons. The van der Waals surface area contributed by atoms with Gasteiger partial charge in [-0.2, -0.15) is 0 Å². The van der Waals surface area contributed by atoms with Gasteiger partial charge in [0.1, 0.15) is 35.4 Å². The maximum atomic E-state index is 14.2. The number of carbonyl (C=O) groups excluding carboxylic acids is 2. The minimum absolute atomic E-state index is 0.219. The molecule has 1 unspecified atom stereocenters. The summed E-state index contributed by atoms with van der Waals surface area (Å²) in [5.41, 5.74) is 1.46. The molecule has 0 fully saturated rings. The molecule has 39 heavy (non-hydrogen) atoms. The molecule has 0 aliphatic rings. The van der Waals surface area contributed by atoms with Gasteiger partial charge < -0.3 is 14.8 Å². The molecule has 1 aromatic heterocycles. The Bertz CT molecular complexity index is 1470. The Balaban J connectivity index is 1.90. The van der Waals surface area contributed by atoms with E-state index >= 15 is 0 Å². The highest BCUT2D eigenvalue weighted by Gasteiger charge is 2.37. The van der Waals surface area contributed by atoms with Crippen molar-refractivity contribution in [3.05, 3.63) is 78.1 Å². The van der Waals surface area contributed by atoms with E-state index in [0.717, 1.165) is 0 Å². The van der Waals surface area contributed by atoms with Crippen molar-refractivity contribution >= 4 is 28.5 Å². The van der Waals surface area contributed by atoms with Crippen molar-refractivity contribution in [2.24, 2.45) is 0 Å². The number of para-hydroxylation sites is 1. The molecule has 0 aliphatic carbocycles. The van der Waals surface area contributed by atoms with E-state index in [1.54, 1.807) is 24.3 Å². The summed E-state index contributed by atoms with van der Waals surface area (Å²) in [6, 6.07) is 16.6. The van der Waals surface area contributed by atoms with Crippen LogP contribution in [-0.4, -0.2) is 46.6 Å². The number of amides is 2. The van der Waals surface area contributed by atoms with Crippen LogP contribution in [0.2, 0.25) is 0 Å². The van der Waals surface area contributed by atoms with E-state index in [1.807, 2.05) is 39.0 Å². The molecule has 2 amide bonds. The Morgan fingerprint density at radius 2 is 1.77 bits per heavy atom. The molecule has 3 aromatic carbocycles. The number of carbonyl (C=O) groups is 2. The van der Waals surface area contributed by atoms with Gasteiger partial charge >= 0.3 is 0 Å². The molecule has 9 nitrogen and oxygen atoms in total. The summed E-state index contributed by atoms with van der Waals surface area (Å²) < 4.78 is 26.5. The molecule has 0 saturated heterocycles. The molecule has 1 atom stereocenters. The summed E-state index contributed by atoms with van der Waals surface area (Å²) in [5, 5.41) is 11.4. The number of nitrogens with one attached hydrogen (secondary N) is 1. The summed E-state index contributed by atoms with van der Waals surface area (Å²) >= 11 is 0. The number of halogens is 1. The van der Waals surface area contributed by atoms with Crippen LogP contribution in [0.4, 0.5) is 10.1 Å². The van der Waals surface area contributed by atoms with Crippen LogP contribution >= 0.6 is 0 Å². The molecule has 204 valence electrons. The van der Waals surface area contributed by atoms with Crippen LogP contribution in [0.1, 0.15) is 38.8 Å². The van der Waals surface area contributed by atoms with Gasteiger partial charge in [0, 0.05) is 11.6 Å². The van der Waals surface area contributed by atoms with E-state index in [2.05, 4.69) is 15.6 Å². The lowest BCUT2D eigenvalue weighted by Crippen LogP contribution is -2.51. The van der Waals surface area contributed by atoms with Gasteiger partial charge in [-0.15, -0.1) is 5.10 Å². The normalized spacial score (nSPS) is 12.2. The van der Waals surface area contributed by atoms with Crippen molar-refractivity contribution in [1.82, 2.24) is 20.3 Å². The highest BCUT2D eigenvalue weighted by Crippen LogP contribution is 2.38. The third kappa shape index (κ3) is 6.00. The Morgan fingerprint density at radius 1 is 1.05 bits per heavy atom. The average Bonchev–Trinajstić information content (AvgIpc) is 3.34. The molecular formula is C29H32FN5O4. The smallest absolute Gasteiger partial charge is 0.249 e. The van der Waals surface area contributed by atoms with Gasteiger partial charge in [0.05, 0.1) is 25.4 Å². The Kier molecular flexibility index (Phi) is 8.13. The molecule has 1 N–H and O–H groups in total. The average molecular weight is 534 g/mol. The lowest BCUT2D eigenvalue weighted by atomic mass is 9.98. The summed E-state index contributed by atoms with van der Waals surface area (Å²) in [6.45, 7) is 5.53. The Morgan fingerprint density at radius 3 is 2.44 bits per heavy atom. The van der Waals surface area contributed by atoms with E-state index in [0.29, 0.717) is 40.2 Å². The van der Waals surface area contributed by atoms with Gasteiger partial charge in [0.25, 0.3) is 0 Å². The van der Waals surface area contributed by atoms with E-state index in [9.17, 15) is 14.0 Å². The standard InChI is InChI=1S/C29H32FN5O4/c1-6-29(2,3)31-28(37)27(19-11-13-20(30)14-12-19)35(24-17-21(38-4)15-16-25(24)39-5)26(36)18-34-23-10-8-7-9-22(23)32-33-34/h7-17,27H,6,18H2,1-5H3,(H,31,37). The summed E-state index contributed by atoms with van der Waals surface area (Å²) in [4.78, 5) is 29.6. The zero-order chi connectivity index (χ0) is 28.2. The first kappa shape index (κ1) is 27.6. The molecule has 1 heterocycles. The second kappa shape index (κ2) is 11.5. The van der Waals surface area contributed by atoms with E-state index in [4.69, 9.17) is 9.47 Å². The number of hydrogen-bond donors (Lipinski definition) is 1. The number of rotatable bonds is 10. The predicted octanol–water partition coefficient (Wildman–Crippen LogP) is 4.67. The van der Waals surface area contributed by atoms with Crippen molar-refractivity contribution in [1.29, 1.82) is 0 Å². The number of nitrogens with zero attached hydrogens (tertiary/aromatic N) is 4. The fourth-order valence-corrected chi connectivity index (χ4v) is 4.19. The van der Waals surface area contributed by atoms with Gasteiger partial charge in [-0.25, -0.2) is 9.07 Å². The summed E-state index contributed by atoms with van der Waals surface area (Å²) in [7, 11) is 2.99. The van der Waals surface area contributed by atoms with Gasteiger partial charge in [-0.05, 0) is 62.2 Å². The minimum Gasteiger partial charge on any atom is -0.497 e. The van der Waals surface area contributed by atoms with Gasteiger partial charge in [0.15, 0.2) is 0 Å². The lowest BCUT2D eigenvalue weighted by molar-refractivity contribution is -0.128. The summed E-state index contributed by atoms with van der Waals surface area (Å²) in [5.74, 6) is -0.548. The molecule has 0 saturated carbocycles. The van der Waals surface area contributed by atoms with Crippen molar-refractivity contribution in [3.63, 3.8) is 0 Å². The first-order valence-electron chi connectivity index (χ1n) is 12.6. The zero-order valence-electron chi connectivity index (χ0n) is 22.6. The molecule has 4 aromatic rings. The molecule has 10 heteroatoms. The van der Waals surface area contributed by atoms with Gasteiger partial charge in [0.2, 0.25) is 11.8 Å². The fourth-order valence-electron chi connectivity index (χ4n) is 4.19. The topological polar surface area (TPSA) is 98.6 Å². The van der Waals surface area contributed by atoms with Crippen LogP contribution in [0.15, 0.2) is 66.7 Å². The van der Waals surface area contributed by atoms with Crippen LogP contribution in [0.5, 0.6) is 11.5 Å². The number of benzene rings is 3. The van der Waals surface area contributed by atoms with Crippen LogP contribution in [0.25, 0.3) is 11.0 Å². The second-order valence-electron chi connectivity index (χ2n) is 9.72. The first-order valence-corrected chi connectivity index (χ1v) is 12.6. The van der Waals surface area contributed by atoms with Crippen LogP contribution in [-0.2, 0) is 16.1 Å². The predicted molar refractivity (Wildman–Crippen MR) is 146 cm³/mol. The van der Waals surface area contributed by atoms with Gasteiger partial charge in [-0.3, -0.25) is 14.5 Å². The fraction of sp³-hybridized carbons (Fsp3) is 0.310. The maximum absolute atomic E-state index is 14.2. The van der Waals surface area contributed by atoms with Crippen molar-refractivity contribution in [2.45, 2.75) is 45.3 Å². The molecule has 0 aliphatic heterocycles. The number of aromatic nitrogens is 3. The van der Waals surface area contributed by atoms with Crippen molar-refractivity contribution < 1.29 is 23.5 Å². The largest absolute Gasteiger partial charge is 0.497 e. The highest BCUT2D eigenvalue weighted by atomic mass is 19.1. The number of fused-ring (bicyclic) bond motifs is 1. The van der Waals surface area contributed by atoms with Crippen LogP contribution < -0.4 is 19.7 Å². The third-order valence-corrected chi connectivity index (χ3v) is 6.66. The van der Waals surface area contributed by atoms with Crippen LogP contribution in [0, 0.1) is 5.82 Å². The molecule has 4 rings (SSSR count). The number of methoxy groups -OCH3 is 2. The lowest BCUT2D eigenvalue weighted by Gasteiger charge is -2.35. The summed E-state index contributed by atoms with van der Waals surface area (Å²) in [6.07, 6.45) is 0.649. The van der Waals surface area contributed by atoms with Crippen molar-refractivity contribution in [2.75, 3.05) is 19.1 Å². The number of anilines is 1.